The minimum Gasteiger partial charge on any atom is -0.478 e. The minimum absolute atomic E-state index is 0.199. The van der Waals surface area contributed by atoms with Crippen molar-refractivity contribution in [2.75, 3.05) is 11.1 Å². The Morgan fingerprint density at radius 3 is 3.00 bits per heavy atom. The van der Waals surface area contributed by atoms with E-state index in [0.717, 1.165) is 30.1 Å². The number of nitrogen functional groups attached to an aromatic ring is 1. The van der Waals surface area contributed by atoms with Crippen LogP contribution in [0.5, 0.6) is 0 Å². The highest BCUT2D eigenvalue weighted by atomic mass is 32.1. The number of benzene rings is 1. The van der Waals surface area contributed by atoms with E-state index in [0.29, 0.717) is 11.4 Å². The molecule has 6 heteroatoms. The second kappa shape index (κ2) is 4.55. The van der Waals surface area contributed by atoms with Gasteiger partial charge >= 0.3 is 5.97 Å². The van der Waals surface area contributed by atoms with Crippen LogP contribution in [0.15, 0.2) is 18.2 Å². The summed E-state index contributed by atoms with van der Waals surface area (Å²) in [4.78, 5) is 16.9. The predicted molar refractivity (Wildman–Crippen MR) is 75.2 cm³/mol. The summed E-state index contributed by atoms with van der Waals surface area (Å²) in [5.41, 5.74) is 8.05. The second-order valence-corrected chi connectivity index (χ2v) is 5.56. The number of fused-ring (bicyclic) bond motifs is 1. The highest BCUT2D eigenvalue weighted by molar-refractivity contribution is 7.15. The van der Waals surface area contributed by atoms with E-state index in [1.54, 1.807) is 23.5 Å². The number of rotatable bonds is 3. The molecule has 5 nitrogen and oxygen atoms in total. The number of carboxylic acids is 1. The Kier molecular flexibility index (Phi) is 2.87. The SMILES string of the molecule is Nc1ccc(C(=O)O)c(Nc2nc3c(s2)CCC3)c1. The molecule has 1 aliphatic carbocycles. The van der Waals surface area contributed by atoms with Gasteiger partial charge in [-0.25, -0.2) is 9.78 Å². The van der Waals surface area contributed by atoms with E-state index in [2.05, 4.69) is 10.3 Å². The Balaban J connectivity index is 1.93. The van der Waals surface area contributed by atoms with Gasteiger partial charge in [0.15, 0.2) is 5.13 Å². The first-order valence-corrected chi connectivity index (χ1v) is 6.83. The van der Waals surface area contributed by atoms with E-state index in [9.17, 15) is 4.79 Å². The quantitative estimate of drug-likeness (QED) is 0.749. The number of aromatic nitrogens is 1. The third-order valence-corrected chi connectivity index (χ3v) is 4.18. The van der Waals surface area contributed by atoms with Gasteiger partial charge < -0.3 is 16.2 Å². The molecule has 98 valence electrons. The average Bonchev–Trinajstić information content (AvgIpc) is 2.89. The molecule has 0 atom stereocenters. The van der Waals surface area contributed by atoms with Crippen LogP contribution in [0.4, 0.5) is 16.5 Å². The lowest BCUT2D eigenvalue weighted by atomic mass is 10.1. The third-order valence-electron chi connectivity index (χ3n) is 3.11. The Bertz CT molecular complexity index is 630. The van der Waals surface area contributed by atoms with E-state index < -0.39 is 5.97 Å². The van der Waals surface area contributed by atoms with Crippen LogP contribution in [-0.2, 0) is 12.8 Å². The molecule has 4 N–H and O–H groups in total. The molecule has 0 amide bonds. The molecular formula is C13H13N3O2S. The zero-order chi connectivity index (χ0) is 13.4. The fourth-order valence-electron chi connectivity index (χ4n) is 2.21. The average molecular weight is 275 g/mol. The van der Waals surface area contributed by atoms with Crippen LogP contribution in [0.3, 0.4) is 0 Å². The van der Waals surface area contributed by atoms with E-state index in [4.69, 9.17) is 10.8 Å². The molecule has 0 fully saturated rings. The van der Waals surface area contributed by atoms with Crippen molar-refractivity contribution in [2.24, 2.45) is 0 Å². The van der Waals surface area contributed by atoms with Crippen molar-refractivity contribution in [3.05, 3.63) is 34.3 Å². The van der Waals surface area contributed by atoms with Crippen LogP contribution in [0.2, 0.25) is 0 Å². The molecule has 2 aromatic rings. The first-order valence-electron chi connectivity index (χ1n) is 6.02. The summed E-state index contributed by atoms with van der Waals surface area (Å²) in [5, 5.41) is 13.0. The fraction of sp³-hybridized carbons (Fsp3) is 0.231. The van der Waals surface area contributed by atoms with Gasteiger partial charge in [0.1, 0.15) is 0 Å². The molecule has 0 radical (unpaired) electrons. The molecular weight excluding hydrogens is 262 g/mol. The maximum absolute atomic E-state index is 11.2. The number of hydrogen-bond donors (Lipinski definition) is 3. The van der Waals surface area contributed by atoms with Crippen LogP contribution in [0.1, 0.15) is 27.3 Å². The number of aromatic carboxylic acids is 1. The zero-order valence-electron chi connectivity index (χ0n) is 10.1. The van der Waals surface area contributed by atoms with Gasteiger partial charge in [-0.1, -0.05) is 0 Å². The van der Waals surface area contributed by atoms with Crippen LogP contribution < -0.4 is 11.1 Å². The van der Waals surface area contributed by atoms with Crippen molar-refractivity contribution in [2.45, 2.75) is 19.3 Å². The molecule has 0 spiro atoms. The number of carboxylic acid groups (broad SMARTS) is 1. The molecule has 3 rings (SSSR count). The van der Waals surface area contributed by atoms with Crippen LogP contribution in [0.25, 0.3) is 0 Å². The van der Waals surface area contributed by atoms with Crippen molar-refractivity contribution >= 4 is 33.8 Å². The molecule has 0 saturated carbocycles. The monoisotopic (exact) mass is 275 g/mol. The Morgan fingerprint density at radius 1 is 1.42 bits per heavy atom. The number of thiazole rings is 1. The molecule has 1 heterocycles. The van der Waals surface area contributed by atoms with Gasteiger partial charge in [-0.15, -0.1) is 11.3 Å². The van der Waals surface area contributed by atoms with Crippen molar-refractivity contribution in [3.63, 3.8) is 0 Å². The summed E-state index contributed by atoms with van der Waals surface area (Å²) in [6.07, 6.45) is 3.24. The van der Waals surface area contributed by atoms with Gasteiger partial charge in [-0.05, 0) is 37.5 Å². The lowest BCUT2D eigenvalue weighted by molar-refractivity contribution is 0.0698. The number of hydrogen-bond acceptors (Lipinski definition) is 5. The maximum Gasteiger partial charge on any atom is 0.337 e. The predicted octanol–water partition coefficient (Wildman–Crippen LogP) is 2.66. The summed E-state index contributed by atoms with van der Waals surface area (Å²) >= 11 is 1.59. The highest BCUT2D eigenvalue weighted by Crippen LogP contribution is 2.33. The standard InChI is InChI=1S/C13H13N3O2S/c14-7-4-5-8(12(17)18)10(6-7)16-13-15-9-2-1-3-11(9)19-13/h4-6H,1-3,14H2,(H,15,16)(H,17,18). The number of nitrogens with two attached hydrogens (primary N) is 1. The molecule has 1 aromatic heterocycles. The van der Waals surface area contributed by atoms with Gasteiger partial charge in [0.05, 0.1) is 16.9 Å². The van der Waals surface area contributed by atoms with Crippen LogP contribution in [0, 0.1) is 0 Å². The van der Waals surface area contributed by atoms with Gasteiger partial charge in [-0.2, -0.15) is 0 Å². The second-order valence-electron chi connectivity index (χ2n) is 4.48. The fourth-order valence-corrected chi connectivity index (χ4v) is 3.27. The number of carbonyl (C=O) groups is 1. The van der Waals surface area contributed by atoms with Crippen molar-refractivity contribution in [1.29, 1.82) is 0 Å². The highest BCUT2D eigenvalue weighted by Gasteiger charge is 2.18. The van der Waals surface area contributed by atoms with Gasteiger partial charge in [0.2, 0.25) is 0 Å². The number of aryl methyl sites for hydroxylation is 2. The third kappa shape index (κ3) is 2.26. The van der Waals surface area contributed by atoms with E-state index in [-0.39, 0.29) is 5.56 Å². The van der Waals surface area contributed by atoms with Gasteiger partial charge in [0, 0.05) is 10.6 Å². The Hall–Kier alpha value is -2.08. The van der Waals surface area contributed by atoms with Crippen molar-refractivity contribution in [1.82, 2.24) is 4.98 Å². The van der Waals surface area contributed by atoms with Gasteiger partial charge in [0.25, 0.3) is 0 Å². The molecule has 19 heavy (non-hydrogen) atoms. The molecule has 1 aromatic carbocycles. The van der Waals surface area contributed by atoms with Crippen LogP contribution in [-0.4, -0.2) is 16.1 Å². The normalized spacial score (nSPS) is 13.3. The van der Waals surface area contributed by atoms with E-state index in [1.807, 2.05) is 0 Å². The summed E-state index contributed by atoms with van der Waals surface area (Å²) < 4.78 is 0. The first-order chi connectivity index (χ1) is 9.13. The zero-order valence-corrected chi connectivity index (χ0v) is 11.0. The topological polar surface area (TPSA) is 88.2 Å². The lowest BCUT2D eigenvalue weighted by Gasteiger charge is -2.07. The number of nitrogens with zero attached hydrogens (tertiary/aromatic N) is 1. The lowest BCUT2D eigenvalue weighted by Crippen LogP contribution is -2.03. The molecule has 0 saturated heterocycles. The van der Waals surface area contributed by atoms with Crippen molar-refractivity contribution in [3.8, 4) is 0 Å². The summed E-state index contributed by atoms with van der Waals surface area (Å²) in [7, 11) is 0. The molecule has 0 unspecified atom stereocenters. The molecule has 0 aliphatic heterocycles. The largest absolute Gasteiger partial charge is 0.478 e. The number of nitrogens with one attached hydrogen (secondary N) is 1. The Labute approximate surface area is 114 Å². The Morgan fingerprint density at radius 2 is 2.26 bits per heavy atom. The molecule has 0 bridgehead atoms. The maximum atomic E-state index is 11.2. The van der Waals surface area contributed by atoms with Crippen molar-refractivity contribution < 1.29 is 9.90 Å². The minimum atomic E-state index is -0.980. The van der Waals surface area contributed by atoms with E-state index in [1.165, 1.54) is 10.9 Å². The van der Waals surface area contributed by atoms with Gasteiger partial charge in [-0.3, -0.25) is 0 Å². The number of anilines is 3. The van der Waals surface area contributed by atoms with E-state index >= 15 is 0 Å². The molecule has 1 aliphatic rings. The summed E-state index contributed by atoms with van der Waals surface area (Å²) in [6.45, 7) is 0. The van der Waals surface area contributed by atoms with Crippen LogP contribution >= 0.6 is 11.3 Å². The first kappa shape index (κ1) is 12.0. The smallest absolute Gasteiger partial charge is 0.337 e. The summed E-state index contributed by atoms with van der Waals surface area (Å²) in [5.74, 6) is -0.980. The summed E-state index contributed by atoms with van der Waals surface area (Å²) in [6, 6.07) is 4.70.